The Morgan fingerprint density at radius 1 is 1.00 bits per heavy atom. The Balaban J connectivity index is 1.20. The topological polar surface area (TPSA) is 120 Å². The van der Waals surface area contributed by atoms with Crippen LogP contribution < -0.4 is 5.32 Å². The highest BCUT2D eigenvalue weighted by molar-refractivity contribution is 7.91. The van der Waals surface area contributed by atoms with Crippen LogP contribution in [0.1, 0.15) is 39.6 Å². The molecule has 1 aromatic carbocycles. The SMILES string of the molecule is O=C(NCc1cc2nc(-c3cccc(C4CCOC4)n3)ccc2cn1)c1ccc2c(c1)S(=O)(=O)CCOC2. The van der Waals surface area contributed by atoms with Gasteiger partial charge >= 0.3 is 0 Å². The summed E-state index contributed by atoms with van der Waals surface area (Å²) >= 11 is 0. The number of rotatable bonds is 5. The van der Waals surface area contributed by atoms with E-state index in [9.17, 15) is 13.2 Å². The van der Waals surface area contributed by atoms with Crippen LogP contribution in [0.5, 0.6) is 0 Å². The van der Waals surface area contributed by atoms with Crippen molar-refractivity contribution in [1.82, 2.24) is 20.3 Å². The van der Waals surface area contributed by atoms with Gasteiger partial charge in [-0.05, 0) is 54.4 Å². The maximum atomic E-state index is 12.8. The van der Waals surface area contributed by atoms with Gasteiger partial charge in [-0.1, -0.05) is 12.1 Å². The number of fused-ring (bicyclic) bond motifs is 2. The van der Waals surface area contributed by atoms with Gasteiger partial charge in [0.2, 0.25) is 0 Å². The molecule has 1 atom stereocenters. The molecule has 2 aliphatic rings. The number of amides is 1. The highest BCUT2D eigenvalue weighted by atomic mass is 32.2. The van der Waals surface area contributed by atoms with E-state index in [0.29, 0.717) is 23.8 Å². The van der Waals surface area contributed by atoms with Crippen LogP contribution in [0.3, 0.4) is 0 Å². The number of benzene rings is 1. The quantitative estimate of drug-likeness (QED) is 0.417. The molecule has 10 heteroatoms. The van der Waals surface area contributed by atoms with Crippen LogP contribution in [-0.2, 0) is 32.5 Å². The Morgan fingerprint density at radius 2 is 1.89 bits per heavy atom. The third-order valence-electron chi connectivity index (χ3n) is 6.86. The number of hydrogen-bond donors (Lipinski definition) is 1. The maximum Gasteiger partial charge on any atom is 0.251 e. The van der Waals surface area contributed by atoms with Crippen molar-refractivity contribution in [3.63, 3.8) is 0 Å². The maximum absolute atomic E-state index is 12.8. The van der Waals surface area contributed by atoms with E-state index in [1.165, 1.54) is 6.07 Å². The summed E-state index contributed by atoms with van der Waals surface area (Å²) in [4.78, 5) is 27.1. The molecule has 1 N–H and O–H groups in total. The van der Waals surface area contributed by atoms with E-state index in [1.54, 1.807) is 18.3 Å². The molecule has 0 radical (unpaired) electrons. The number of carbonyl (C=O) groups is 1. The Hall–Kier alpha value is -3.73. The van der Waals surface area contributed by atoms with Crippen molar-refractivity contribution in [2.24, 2.45) is 0 Å². The van der Waals surface area contributed by atoms with E-state index in [0.717, 1.165) is 41.0 Å². The normalized spacial score (nSPS) is 18.6. The third kappa shape index (κ3) is 5.02. The fourth-order valence-electron chi connectivity index (χ4n) is 4.72. The summed E-state index contributed by atoms with van der Waals surface area (Å²) in [5, 5.41) is 3.71. The third-order valence-corrected chi connectivity index (χ3v) is 8.61. The predicted molar refractivity (Wildman–Crippen MR) is 140 cm³/mol. The van der Waals surface area contributed by atoms with Gasteiger partial charge in [-0.25, -0.2) is 13.4 Å². The molecule has 3 aromatic heterocycles. The largest absolute Gasteiger partial charge is 0.381 e. The monoisotopic (exact) mass is 530 g/mol. The molecule has 1 unspecified atom stereocenters. The van der Waals surface area contributed by atoms with Crippen LogP contribution in [-0.4, -0.2) is 54.9 Å². The summed E-state index contributed by atoms with van der Waals surface area (Å²) in [5.74, 6) is -0.174. The molecular formula is C28H26N4O5S. The molecule has 0 aliphatic carbocycles. The van der Waals surface area contributed by atoms with Gasteiger partial charge in [0.05, 0.1) is 59.6 Å². The lowest BCUT2D eigenvalue weighted by molar-refractivity contribution is 0.0950. The van der Waals surface area contributed by atoms with Crippen molar-refractivity contribution in [3.8, 4) is 11.4 Å². The molecule has 1 saturated heterocycles. The zero-order chi connectivity index (χ0) is 26.1. The number of hydrogen-bond acceptors (Lipinski definition) is 8. The molecule has 38 heavy (non-hydrogen) atoms. The predicted octanol–water partition coefficient (Wildman–Crippen LogP) is 3.43. The minimum absolute atomic E-state index is 0.101. The molecule has 5 heterocycles. The summed E-state index contributed by atoms with van der Waals surface area (Å²) in [6.45, 7) is 1.97. The number of nitrogens with zero attached hydrogens (tertiary/aromatic N) is 3. The summed E-state index contributed by atoms with van der Waals surface area (Å²) in [6.07, 6.45) is 2.69. The van der Waals surface area contributed by atoms with Crippen LogP contribution in [0.4, 0.5) is 0 Å². The molecule has 9 nitrogen and oxygen atoms in total. The van der Waals surface area contributed by atoms with Crippen LogP contribution in [0, 0.1) is 0 Å². The van der Waals surface area contributed by atoms with Crippen molar-refractivity contribution in [2.45, 2.75) is 30.4 Å². The lowest BCUT2D eigenvalue weighted by Crippen LogP contribution is -2.23. The number of carbonyl (C=O) groups excluding carboxylic acids is 1. The first kappa shape index (κ1) is 24.6. The fourth-order valence-corrected chi connectivity index (χ4v) is 6.11. The minimum atomic E-state index is -3.50. The summed E-state index contributed by atoms with van der Waals surface area (Å²) in [6, 6.07) is 16.4. The standard InChI is InChI=1S/C28H26N4O5S/c33-28(18-4-5-21-17-37-10-11-38(34,35)27(21)12-18)30-15-22-13-26-19(14-29-22)6-7-25(32-26)24-3-1-2-23(31-24)20-8-9-36-16-20/h1-7,12-14,20H,8-11,15-17H2,(H,30,33). The van der Waals surface area contributed by atoms with Gasteiger partial charge in [-0.15, -0.1) is 0 Å². The smallest absolute Gasteiger partial charge is 0.251 e. The van der Waals surface area contributed by atoms with Crippen molar-refractivity contribution in [1.29, 1.82) is 0 Å². The number of nitrogens with one attached hydrogen (secondary N) is 1. The molecule has 1 amide bonds. The average Bonchev–Trinajstić information content (AvgIpc) is 3.44. The number of ether oxygens (including phenoxy) is 2. The van der Waals surface area contributed by atoms with Gasteiger partial charge < -0.3 is 14.8 Å². The van der Waals surface area contributed by atoms with E-state index in [4.69, 9.17) is 19.4 Å². The molecule has 0 saturated carbocycles. The summed E-state index contributed by atoms with van der Waals surface area (Å²) in [5.41, 5.74) is 4.78. The number of sulfone groups is 1. The highest BCUT2D eigenvalue weighted by Crippen LogP contribution is 2.27. The Morgan fingerprint density at radius 3 is 2.76 bits per heavy atom. The zero-order valence-corrected chi connectivity index (χ0v) is 21.4. The Kier molecular flexibility index (Phi) is 6.61. The van der Waals surface area contributed by atoms with Crippen LogP contribution >= 0.6 is 0 Å². The van der Waals surface area contributed by atoms with Gasteiger partial charge in [-0.3, -0.25) is 14.8 Å². The van der Waals surface area contributed by atoms with Crippen molar-refractivity contribution < 1.29 is 22.7 Å². The molecule has 1 fully saturated rings. The first-order valence-corrected chi connectivity index (χ1v) is 14.1. The van der Waals surface area contributed by atoms with Gasteiger partial charge in [0.15, 0.2) is 9.84 Å². The van der Waals surface area contributed by atoms with E-state index >= 15 is 0 Å². The minimum Gasteiger partial charge on any atom is -0.381 e. The highest BCUT2D eigenvalue weighted by Gasteiger charge is 2.24. The van der Waals surface area contributed by atoms with Crippen molar-refractivity contribution in [3.05, 3.63) is 83.3 Å². The van der Waals surface area contributed by atoms with Gasteiger partial charge in [0.25, 0.3) is 5.91 Å². The second-order valence-electron chi connectivity index (χ2n) is 9.45. The molecular weight excluding hydrogens is 504 g/mol. The molecule has 4 aromatic rings. The van der Waals surface area contributed by atoms with Gasteiger partial charge in [0.1, 0.15) is 0 Å². The van der Waals surface area contributed by atoms with Gasteiger partial charge in [0, 0.05) is 35.4 Å². The van der Waals surface area contributed by atoms with E-state index in [-0.39, 0.29) is 41.9 Å². The lowest BCUT2D eigenvalue weighted by atomic mass is 10.0. The van der Waals surface area contributed by atoms with Crippen LogP contribution in [0.25, 0.3) is 22.3 Å². The molecule has 2 aliphatic heterocycles. The van der Waals surface area contributed by atoms with E-state index < -0.39 is 9.84 Å². The summed E-state index contributed by atoms with van der Waals surface area (Å²) < 4.78 is 36.0. The molecule has 194 valence electrons. The molecule has 6 rings (SSSR count). The molecule has 0 spiro atoms. The van der Waals surface area contributed by atoms with Crippen LogP contribution in [0.15, 0.2) is 65.7 Å². The zero-order valence-electron chi connectivity index (χ0n) is 20.6. The van der Waals surface area contributed by atoms with Crippen molar-refractivity contribution >= 4 is 26.6 Å². The van der Waals surface area contributed by atoms with E-state index in [1.807, 2.05) is 36.4 Å². The Labute approximate surface area is 220 Å². The van der Waals surface area contributed by atoms with E-state index in [2.05, 4.69) is 10.3 Å². The number of aromatic nitrogens is 3. The molecule has 0 bridgehead atoms. The number of pyridine rings is 3. The second kappa shape index (κ2) is 10.2. The lowest BCUT2D eigenvalue weighted by Gasteiger charge is -2.10. The summed E-state index contributed by atoms with van der Waals surface area (Å²) in [7, 11) is -3.50. The van der Waals surface area contributed by atoms with Crippen LogP contribution in [0.2, 0.25) is 0 Å². The van der Waals surface area contributed by atoms with Crippen molar-refractivity contribution in [2.75, 3.05) is 25.6 Å². The first-order chi connectivity index (χ1) is 18.5. The average molecular weight is 531 g/mol. The Bertz CT molecular complexity index is 1630. The fraction of sp³-hybridized carbons (Fsp3) is 0.286. The van der Waals surface area contributed by atoms with Gasteiger partial charge in [-0.2, -0.15) is 0 Å². The first-order valence-electron chi connectivity index (χ1n) is 12.5. The second-order valence-corrected chi connectivity index (χ2v) is 11.5.